The molecule has 0 aliphatic rings. The number of aromatic nitrogens is 3. The van der Waals surface area contributed by atoms with Crippen LogP contribution in [0.3, 0.4) is 0 Å². The predicted octanol–water partition coefficient (Wildman–Crippen LogP) is 2.85. The van der Waals surface area contributed by atoms with Gasteiger partial charge in [-0.2, -0.15) is 18.2 Å². The van der Waals surface area contributed by atoms with Gasteiger partial charge in [0.15, 0.2) is 6.61 Å². The van der Waals surface area contributed by atoms with E-state index in [1.165, 1.54) is 0 Å². The highest BCUT2D eigenvalue weighted by Crippen LogP contribution is 2.35. The summed E-state index contributed by atoms with van der Waals surface area (Å²) in [5, 5.41) is 3.49. The molecule has 2 heterocycles. The van der Waals surface area contributed by atoms with Crippen LogP contribution in [0, 0.1) is 5.92 Å². The first-order valence-corrected chi connectivity index (χ1v) is 6.30. The number of hydrogen-bond acceptors (Lipinski definition) is 6. The summed E-state index contributed by atoms with van der Waals surface area (Å²) in [5.41, 5.74) is -1.26. The van der Waals surface area contributed by atoms with E-state index in [1.54, 1.807) is 13.8 Å². The third-order valence-electron chi connectivity index (χ3n) is 2.64. The molecule has 0 saturated heterocycles. The summed E-state index contributed by atoms with van der Waals surface area (Å²) in [4.78, 5) is 18.7. The number of esters is 1. The molecule has 0 aliphatic carbocycles. The largest absolute Gasteiger partial charge is 0.457 e. The van der Waals surface area contributed by atoms with Crippen LogP contribution in [0.1, 0.15) is 25.2 Å². The summed E-state index contributed by atoms with van der Waals surface area (Å²) in [6, 6.07) is 0.817. The summed E-state index contributed by atoms with van der Waals surface area (Å²) >= 11 is 0. The van der Waals surface area contributed by atoms with Crippen LogP contribution in [0.25, 0.3) is 11.5 Å². The Morgan fingerprint density at radius 2 is 2.14 bits per heavy atom. The lowest BCUT2D eigenvalue weighted by molar-refractivity contribution is -0.149. The Kier molecular flexibility index (Phi) is 4.43. The van der Waals surface area contributed by atoms with Gasteiger partial charge in [-0.15, -0.1) is 0 Å². The SMILES string of the molecule is CC(C)C(=O)OCc1noc(-c2cnccc2C(F)(F)F)n1. The number of halogens is 3. The van der Waals surface area contributed by atoms with Gasteiger partial charge in [-0.1, -0.05) is 19.0 Å². The van der Waals surface area contributed by atoms with E-state index < -0.39 is 17.7 Å². The standard InChI is InChI=1S/C13H12F3N3O3/c1-7(2)12(20)21-6-10-18-11(22-19-10)8-5-17-4-3-9(8)13(14,15)16/h3-5,7H,6H2,1-2H3. The fourth-order valence-corrected chi connectivity index (χ4v) is 1.54. The number of rotatable bonds is 4. The second-order valence-corrected chi connectivity index (χ2v) is 4.70. The molecule has 0 unspecified atom stereocenters. The van der Waals surface area contributed by atoms with E-state index in [9.17, 15) is 18.0 Å². The average Bonchev–Trinajstić information content (AvgIpc) is 2.92. The molecule has 0 amide bonds. The van der Waals surface area contributed by atoms with Crippen LogP contribution in [0.15, 0.2) is 23.0 Å². The van der Waals surface area contributed by atoms with Crippen molar-refractivity contribution >= 4 is 5.97 Å². The molecule has 0 radical (unpaired) electrons. The van der Waals surface area contributed by atoms with Gasteiger partial charge in [-0.05, 0) is 6.07 Å². The smallest absolute Gasteiger partial charge is 0.417 e. The molecule has 0 bridgehead atoms. The van der Waals surface area contributed by atoms with Gasteiger partial charge in [0.1, 0.15) is 0 Å². The lowest BCUT2D eigenvalue weighted by Crippen LogP contribution is -2.11. The summed E-state index contributed by atoms with van der Waals surface area (Å²) in [7, 11) is 0. The van der Waals surface area contributed by atoms with Gasteiger partial charge in [0.2, 0.25) is 5.82 Å². The maximum absolute atomic E-state index is 12.9. The third kappa shape index (κ3) is 3.60. The zero-order valence-electron chi connectivity index (χ0n) is 11.7. The minimum atomic E-state index is -4.57. The second kappa shape index (κ2) is 6.12. The molecule has 0 aliphatic heterocycles. The lowest BCUT2D eigenvalue weighted by atomic mass is 10.1. The number of nitrogens with zero attached hydrogens (tertiary/aromatic N) is 3. The zero-order chi connectivity index (χ0) is 16.3. The van der Waals surface area contributed by atoms with Crippen LogP contribution in [0.4, 0.5) is 13.2 Å². The van der Waals surface area contributed by atoms with Crippen molar-refractivity contribution in [2.45, 2.75) is 26.6 Å². The Bertz CT molecular complexity index is 668. The van der Waals surface area contributed by atoms with Gasteiger partial charge in [0.25, 0.3) is 5.89 Å². The maximum atomic E-state index is 12.9. The molecular formula is C13H12F3N3O3. The van der Waals surface area contributed by atoms with Gasteiger partial charge in [0, 0.05) is 12.4 Å². The molecule has 118 valence electrons. The number of pyridine rings is 1. The highest BCUT2D eigenvalue weighted by molar-refractivity contribution is 5.71. The van der Waals surface area contributed by atoms with Crippen LogP contribution < -0.4 is 0 Å². The Labute approximate surface area is 123 Å². The van der Waals surface area contributed by atoms with Crippen molar-refractivity contribution in [2.24, 2.45) is 5.92 Å². The molecule has 22 heavy (non-hydrogen) atoms. The molecule has 0 aromatic carbocycles. The van der Waals surface area contributed by atoms with Crippen molar-refractivity contribution in [3.63, 3.8) is 0 Å². The van der Waals surface area contributed by atoms with Crippen LogP contribution in [-0.2, 0) is 22.3 Å². The summed E-state index contributed by atoms with van der Waals surface area (Å²) < 4.78 is 48.4. The van der Waals surface area contributed by atoms with Crippen molar-refractivity contribution < 1.29 is 27.2 Å². The maximum Gasteiger partial charge on any atom is 0.417 e. The van der Waals surface area contributed by atoms with E-state index in [4.69, 9.17) is 9.26 Å². The Balaban J connectivity index is 2.21. The van der Waals surface area contributed by atoms with Gasteiger partial charge >= 0.3 is 12.1 Å². The quantitative estimate of drug-likeness (QED) is 0.807. The second-order valence-electron chi connectivity index (χ2n) is 4.70. The van der Waals surface area contributed by atoms with Crippen molar-refractivity contribution in [1.29, 1.82) is 0 Å². The lowest BCUT2D eigenvalue weighted by Gasteiger charge is -2.08. The fourth-order valence-electron chi connectivity index (χ4n) is 1.54. The van der Waals surface area contributed by atoms with Gasteiger partial charge in [0.05, 0.1) is 17.0 Å². The van der Waals surface area contributed by atoms with Gasteiger partial charge in [-0.25, -0.2) is 0 Å². The van der Waals surface area contributed by atoms with Crippen molar-refractivity contribution in [2.75, 3.05) is 0 Å². The third-order valence-corrected chi connectivity index (χ3v) is 2.64. The van der Waals surface area contributed by atoms with E-state index in [0.29, 0.717) is 0 Å². The first-order valence-electron chi connectivity index (χ1n) is 6.30. The monoisotopic (exact) mass is 315 g/mol. The average molecular weight is 315 g/mol. The van der Waals surface area contributed by atoms with Crippen molar-refractivity contribution in [3.8, 4) is 11.5 Å². The Hall–Kier alpha value is -2.45. The van der Waals surface area contributed by atoms with E-state index in [0.717, 1.165) is 18.5 Å². The highest BCUT2D eigenvalue weighted by Gasteiger charge is 2.35. The summed E-state index contributed by atoms with van der Waals surface area (Å²) in [5.74, 6) is -1.16. The number of hydrogen-bond donors (Lipinski definition) is 0. The molecule has 2 aromatic heterocycles. The molecule has 6 nitrogen and oxygen atoms in total. The summed E-state index contributed by atoms with van der Waals surface area (Å²) in [6.45, 7) is 3.02. The van der Waals surface area contributed by atoms with E-state index in [-0.39, 0.29) is 29.8 Å². The van der Waals surface area contributed by atoms with Crippen molar-refractivity contribution in [1.82, 2.24) is 15.1 Å². The van der Waals surface area contributed by atoms with E-state index in [2.05, 4.69) is 15.1 Å². The van der Waals surface area contributed by atoms with Gasteiger partial charge in [-0.3, -0.25) is 9.78 Å². The normalized spacial score (nSPS) is 11.7. The minimum Gasteiger partial charge on any atom is -0.457 e. The van der Waals surface area contributed by atoms with Crippen LogP contribution in [0.2, 0.25) is 0 Å². The Morgan fingerprint density at radius 1 is 1.41 bits per heavy atom. The summed E-state index contributed by atoms with van der Waals surface area (Å²) in [6.07, 6.45) is -2.56. The van der Waals surface area contributed by atoms with Crippen LogP contribution in [0.5, 0.6) is 0 Å². The van der Waals surface area contributed by atoms with E-state index >= 15 is 0 Å². The molecular weight excluding hydrogens is 303 g/mol. The molecule has 0 spiro atoms. The molecule has 2 aromatic rings. The van der Waals surface area contributed by atoms with E-state index in [1.807, 2.05) is 0 Å². The fraction of sp³-hybridized carbons (Fsp3) is 0.385. The first kappa shape index (κ1) is 15.9. The molecule has 0 fully saturated rings. The predicted molar refractivity (Wildman–Crippen MR) is 67.2 cm³/mol. The van der Waals surface area contributed by atoms with Crippen LogP contribution in [-0.4, -0.2) is 21.1 Å². The minimum absolute atomic E-state index is 0.0269. The number of alkyl halides is 3. The Morgan fingerprint density at radius 3 is 2.77 bits per heavy atom. The topological polar surface area (TPSA) is 78.1 Å². The highest BCUT2D eigenvalue weighted by atomic mass is 19.4. The zero-order valence-corrected chi connectivity index (χ0v) is 11.7. The number of carbonyl (C=O) groups excluding carboxylic acids is 1. The molecule has 0 N–H and O–H groups in total. The molecule has 0 saturated carbocycles. The molecule has 9 heteroatoms. The first-order chi connectivity index (χ1) is 10.3. The van der Waals surface area contributed by atoms with Crippen molar-refractivity contribution in [3.05, 3.63) is 29.8 Å². The van der Waals surface area contributed by atoms with Crippen LogP contribution >= 0.6 is 0 Å². The number of ether oxygens (including phenoxy) is 1. The van der Waals surface area contributed by atoms with Gasteiger partial charge < -0.3 is 9.26 Å². The molecule has 2 rings (SSSR count). The number of carbonyl (C=O) groups is 1. The molecule has 0 atom stereocenters.